The van der Waals surface area contributed by atoms with Crippen LogP contribution >= 0.6 is 0 Å². The van der Waals surface area contributed by atoms with E-state index in [-0.39, 0.29) is 17.3 Å². The van der Waals surface area contributed by atoms with Gasteiger partial charge in [-0.2, -0.15) is 0 Å². The van der Waals surface area contributed by atoms with Gasteiger partial charge in [0.25, 0.3) is 11.7 Å². The second-order valence-corrected chi connectivity index (χ2v) is 7.81. The number of aromatic nitrogens is 1. The third kappa shape index (κ3) is 3.70. The third-order valence-electron chi connectivity index (χ3n) is 5.43. The zero-order valence-corrected chi connectivity index (χ0v) is 18.1. The van der Waals surface area contributed by atoms with Crippen LogP contribution in [0.5, 0.6) is 5.75 Å². The molecule has 2 aromatic rings. The summed E-state index contributed by atoms with van der Waals surface area (Å²) in [7, 11) is 1.61. The Labute approximate surface area is 177 Å². The molecule has 1 aliphatic rings. The molecule has 0 aliphatic carbocycles. The topological polar surface area (TPSA) is 79.7 Å². The number of ether oxygens (including phenoxy) is 1. The average Bonchev–Trinajstić information content (AvgIpc) is 2.98. The van der Waals surface area contributed by atoms with Crippen molar-refractivity contribution in [3.63, 3.8) is 0 Å². The fourth-order valence-corrected chi connectivity index (χ4v) is 3.92. The highest BCUT2D eigenvalue weighted by atomic mass is 16.5. The summed E-state index contributed by atoms with van der Waals surface area (Å²) in [5, 5.41) is 11.3. The van der Waals surface area contributed by atoms with Gasteiger partial charge in [0, 0.05) is 18.3 Å². The number of methoxy groups -OCH3 is 1. The van der Waals surface area contributed by atoms with Crippen LogP contribution in [0.3, 0.4) is 0 Å². The van der Waals surface area contributed by atoms with Gasteiger partial charge >= 0.3 is 0 Å². The lowest BCUT2D eigenvalue weighted by atomic mass is 9.92. The standard InChI is InChI=1S/C24H28N2O4/c1-6-11-26-21(18-9-7-8-10-25-18)20(23(28)24(26)29)22(27)17-13-16(14(2)3)19(30-5)12-15(17)4/h7-10,12-14,21,27H,6,11H2,1-5H3/b22-20+. The second-order valence-electron chi connectivity index (χ2n) is 7.81. The molecule has 6 nitrogen and oxygen atoms in total. The van der Waals surface area contributed by atoms with Crippen LogP contribution in [0.15, 0.2) is 42.1 Å². The number of ketones is 1. The Morgan fingerprint density at radius 1 is 1.27 bits per heavy atom. The number of carbonyl (C=O) groups is 2. The maximum atomic E-state index is 13.0. The quantitative estimate of drug-likeness (QED) is 0.437. The highest BCUT2D eigenvalue weighted by molar-refractivity contribution is 6.46. The van der Waals surface area contributed by atoms with Crippen molar-refractivity contribution < 1.29 is 19.4 Å². The van der Waals surface area contributed by atoms with Crippen LogP contribution in [0.4, 0.5) is 0 Å². The van der Waals surface area contributed by atoms with E-state index in [0.29, 0.717) is 24.2 Å². The number of pyridine rings is 1. The predicted octanol–water partition coefficient (Wildman–Crippen LogP) is 4.35. The zero-order chi connectivity index (χ0) is 22.0. The second kappa shape index (κ2) is 8.69. The van der Waals surface area contributed by atoms with Crippen molar-refractivity contribution >= 4 is 17.4 Å². The summed E-state index contributed by atoms with van der Waals surface area (Å²) in [4.78, 5) is 31.6. The van der Waals surface area contributed by atoms with Crippen molar-refractivity contribution in [1.29, 1.82) is 0 Å². The summed E-state index contributed by atoms with van der Waals surface area (Å²) in [6.45, 7) is 8.26. The lowest BCUT2D eigenvalue weighted by Crippen LogP contribution is -2.30. The molecular formula is C24H28N2O4. The Hall–Kier alpha value is -3.15. The molecule has 1 fully saturated rings. The molecule has 1 N–H and O–H groups in total. The van der Waals surface area contributed by atoms with E-state index >= 15 is 0 Å². The number of aliphatic hydroxyl groups is 1. The van der Waals surface area contributed by atoms with Gasteiger partial charge in [0.2, 0.25) is 0 Å². The van der Waals surface area contributed by atoms with Gasteiger partial charge in [0.05, 0.1) is 18.4 Å². The van der Waals surface area contributed by atoms with Gasteiger partial charge in [-0.1, -0.05) is 26.8 Å². The summed E-state index contributed by atoms with van der Waals surface area (Å²) in [5.74, 6) is -0.583. The van der Waals surface area contributed by atoms with Crippen molar-refractivity contribution in [3.05, 3.63) is 64.5 Å². The molecule has 1 atom stereocenters. The lowest BCUT2D eigenvalue weighted by molar-refractivity contribution is -0.139. The van der Waals surface area contributed by atoms with Gasteiger partial charge in [-0.05, 0) is 54.7 Å². The molecule has 3 rings (SSSR count). The third-order valence-corrected chi connectivity index (χ3v) is 5.43. The molecule has 0 saturated carbocycles. The number of aryl methyl sites for hydroxylation is 1. The van der Waals surface area contributed by atoms with Crippen molar-refractivity contribution in [2.75, 3.05) is 13.7 Å². The van der Waals surface area contributed by atoms with E-state index in [0.717, 1.165) is 16.9 Å². The molecule has 1 aromatic carbocycles. The number of benzene rings is 1. The average molecular weight is 408 g/mol. The molecule has 1 unspecified atom stereocenters. The number of likely N-dealkylation sites (tertiary alicyclic amines) is 1. The smallest absolute Gasteiger partial charge is 0.295 e. The van der Waals surface area contributed by atoms with Crippen LogP contribution in [0.25, 0.3) is 5.76 Å². The summed E-state index contributed by atoms with van der Waals surface area (Å²) in [6.07, 6.45) is 2.31. The number of nitrogens with zero attached hydrogens (tertiary/aromatic N) is 2. The molecule has 1 aromatic heterocycles. The van der Waals surface area contributed by atoms with E-state index in [1.54, 1.807) is 25.4 Å². The Morgan fingerprint density at radius 2 is 2.00 bits per heavy atom. The molecule has 0 radical (unpaired) electrons. The summed E-state index contributed by atoms with van der Waals surface area (Å²) < 4.78 is 5.49. The van der Waals surface area contributed by atoms with E-state index in [4.69, 9.17) is 4.74 Å². The van der Waals surface area contributed by atoms with Crippen LogP contribution in [-0.2, 0) is 9.59 Å². The van der Waals surface area contributed by atoms with E-state index in [1.807, 2.05) is 45.9 Å². The molecule has 0 bridgehead atoms. The van der Waals surface area contributed by atoms with Gasteiger partial charge in [-0.3, -0.25) is 14.6 Å². The highest BCUT2D eigenvalue weighted by Crippen LogP contribution is 2.40. The highest BCUT2D eigenvalue weighted by Gasteiger charge is 2.46. The fourth-order valence-electron chi connectivity index (χ4n) is 3.92. The summed E-state index contributed by atoms with van der Waals surface area (Å²) in [6, 6.07) is 8.34. The molecule has 158 valence electrons. The molecular weight excluding hydrogens is 380 g/mol. The number of aliphatic hydroxyl groups excluding tert-OH is 1. The number of hydrogen-bond acceptors (Lipinski definition) is 5. The van der Waals surface area contributed by atoms with E-state index < -0.39 is 17.7 Å². The first-order valence-electron chi connectivity index (χ1n) is 10.2. The Bertz CT molecular complexity index is 996. The Kier molecular flexibility index (Phi) is 6.25. The van der Waals surface area contributed by atoms with E-state index in [9.17, 15) is 14.7 Å². The first-order chi connectivity index (χ1) is 14.3. The Balaban J connectivity index is 2.25. The SMILES string of the molecule is CCCN1C(=O)C(=O)/C(=C(/O)c2cc(C(C)C)c(OC)cc2C)C1c1ccccn1. The first kappa shape index (κ1) is 21.6. The van der Waals surface area contributed by atoms with Crippen molar-refractivity contribution in [2.45, 2.75) is 46.1 Å². The number of amides is 1. The normalized spacial score (nSPS) is 18.3. The molecule has 2 heterocycles. The van der Waals surface area contributed by atoms with Gasteiger partial charge in [-0.25, -0.2) is 0 Å². The van der Waals surface area contributed by atoms with Gasteiger partial charge in [0.1, 0.15) is 17.6 Å². The van der Waals surface area contributed by atoms with Crippen LogP contribution in [0, 0.1) is 6.92 Å². The molecule has 1 saturated heterocycles. The lowest BCUT2D eigenvalue weighted by Gasteiger charge is -2.24. The monoisotopic (exact) mass is 408 g/mol. The minimum Gasteiger partial charge on any atom is -0.507 e. The first-order valence-corrected chi connectivity index (χ1v) is 10.2. The maximum Gasteiger partial charge on any atom is 0.295 e. The molecule has 0 spiro atoms. The van der Waals surface area contributed by atoms with E-state index in [1.165, 1.54) is 4.90 Å². The van der Waals surface area contributed by atoms with Crippen molar-refractivity contribution in [2.24, 2.45) is 0 Å². The van der Waals surface area contributed by atoms with Crippen LogP contribution in [0.1, 0.15) is 61.5 Å². The predicted molar refractivity (Wildman–Crippen MR) is 115 cm³/mol. The molecule has 1 aliphatic heterocycles. The summed E-state index contributed by atoms with van der Waals surface area (Å²) >= 11 is 0. The minimum atomic E-state index is -0.713. The summed E-state index contributed by atoms with van der Waals surface area (Å²) in [5.41, 5.74) is 2.84. The minimum absolute atomic E-state index is 0.0788. The van der Waals surface area contributed by atoms with Gasteiger partial charge in [-0.15, -0.1) is 0 Å². The van der Waals surface area contributed by atoms with Gasteiger partial charge in [0.15, 0.2) is 0 Å². The van der Waals surface area contributed by atoms with Crippen LogP contribution in [-0.4, -0.2) is 40.3 Å². The van der Waals surface area contributed by atoms with Gasteiger partial charge < -0.3 is 14.7 Å². The molecule has 30 heavy (non-hydrogen) atoms. The number of Topliss-reactive ketones (excluding diaryl/α,β-unsaturated/α-hetero) is 1. The number of carbonyl (C=O) groups excluding carboxylic acids is 2. The largest absolute Gasteiger partial charge is 0.507 e. The van der Waals surface area contributed by atoms with Crippen LogP contribution < -0.4 is 4.74 Å². The van der Waals surface area contributed by atoms with E-state index in [2.05, 4.69) is 4.98 Å². The molecule has 6 heteroatoms. The van der Waals surface area contributed by atoms with Crippen molar-refractivity contribution in [1.82, 2.24) is 9.88 Å². The number of hydrogen-bond donors (Lipinski definition) is 1. The zero-order valence-electron chi connectivity index (χ0n) is 18.1. The fraction of sp³-hybridized carbons (Fsp3) is 0.375. The maximum absolute atomic E-state index is 13.0. The van der Waals surface area contributed by atoms with Crippen molar-refractivity contribution in [3.8, 4) is 5.75 Å². The number of rotatable bonds is 6. The molecule has 1 amide bonds. The Morgan fingerprint density at radius 3 is 2.57 bits per heavy atom. The van der Waals surface area contributed by atoms with Crippen LogP contribution in [0.2, 0.25) is 0 Å².